The maximum Gasteiger partial charge on any atom is 0.405 e. The van der Waals surface area contributed by atoms with Gasteiger partial charge in [-0.3, -0.25) is 9.05 Å². The zero-order valence-corrected chi connectivity index (χ0v) is 17.4. The van der Waals surface area contributed by atoms with Crippen LogP contribution in [0.4, 0.5) is 0 Å². The molecule has 1 fully saturated rings. The summed E-state index contributed by atoms with van der Waals surface area (Å²) in [4.78, 5) is 0. The predicted molar refractivity (Wildman–Crippen MR) is 104 cm³/mol. The Kier molecular flexibility index (Phi) is 7.54. The van der Waals surface area contributed by atoms with Gasteiger partial charge in [0.25, 0.3) is 0 Å². The largest absolute Gasteiger partial charge is 0.405 e. The standard InChI is InChI=1S/C19H31ClNO3P/c1-5-23-25(22,24-6-2)21-18(14-15(3)4)19(12-7-13-19)16-8-10-17(20)11-9-16/h8-11,15,18H,5-7,12-14H2,1-4H3,(H,21,22). The van der Waals surface area contributed by atoms with E-state index in [1.165, 1.54) is 12.0 Å². The molecular formula is C19H31ClNO3P. The zero-order valence-electron chi connectivity index (χ0n) is 15.8. The normalized spacial score (nSPS) is 18.2. The molecule has 6 heteroatoms. The van der Waals surface area contributed by atoms with Gasteiger partial charge in [-0.2, -0.15) is 0 Å². The van der Waals surface area contributed by atoms with Crippen LogP contribution < -0.4 is 5.09 Å². The van der Waals surface area contributed by atoms with Gasteiger partial charge in [-0.25, -0.2) is 9.65 Å². The van der Waals surface area contributed by atoms with Gasteiger partial charge in [-0.1, -0.05) is 44.0 Å². The molecular weight excluding hydrogens is 357 g/mol. The van der Waals surface area contributed by atoms with Crippen LogP contribution in [0.3, 0.4) is 0 Å². The van der Waals surface area contributed by atoms with E-state index >= 15 is 0 Å². The second kappa shape index (κ2) is 9.01. The summed E-state index contributed by atoms with van der Waals surface area (Å²) in [5.74, 6) is 0.471. The first-order valence-electron chi connectivity index (χ1n) is 9.28. The molecule has 1 unspecified atom stereocenters. The van der Waals surface area contributed by atoms with Gasteiger partial charge in [-0.05, 0) is 56.7 Å². The second-order valence-electron chi connectivity index (χ2n) is 7.16. The third kappa shape index (κ3) is 5.08. The predicted octanol–water partition coefficient (Wildman–Crippen LogP) is 5.95. The van der Waals surface area contributed by atoms with Crippen LogP contribution in [0.1, 0.15) is 58.9 Å². The molecule has 0 saturated heterocycles. The Balaban J connectivity index is 2.34. The molecule has 0 amide bonds. The summed E-state index contributed by atoms with van der Waals surface area (Å²) in [6, 6.07) is 8.11. The highest BCUT2D eigenvalue weighted by Crippen LogP contribution is 2.53. The van der Waals surface area contributed by atoms with Crippen molar-refractivity contribution in [3.63, 3.8) is 0 Å². The molecule has 1 aliphatic rings. The molecule has 4 nitrogen and oxygen atoms in total. The molecule has 1 aromatic rings. The molecule has 1 atom stereocenters. The van der Waals surface area contributed by atoms with Crippen LogP contribution in [0.15, 0.2) is 24.3 Å². The fraction of sp³-hybridized carbons (Fsp3) is 0.684. The Bertz CT molecular complexity index is 577. The van der Waals surface area contributed by atoms with Gasteiger partial charge in [-0.15, -0.1) is 0 Å². The minimum Gasteiger partial charge on any atom is -0.297 e. The van der Waals surface area contributed by atoms with Gasteiger partial charge in [0, 0.05) is 16.5 Å². The van der Waals surface area contributed by atoms with Crippen molar-refractivity contribution >= 4 is 19.3 Å². The van der Waals surface area contributed by atoms with Crippen LogP contribution in [0.5, 0.6) is 0 Å². The fourth-order valence-electron chi connectivity index (χ4n) is 3.69. The van der Waals surface area contributed by atoms with Crippen molar-refractivity contribution in [2.24, 2.45) is 5.92 Å². The molecule has 1 aliphatic carbocycles. The third-order valence-corrected chi connectivity index (χ3v) is 7.03. The number of benzene rings is 1. The average Bonchev–Trinajstić information content (AvgIpc) is 2.47. The summed E-state index contributed by atoms with van der Waals surface area (Å²) in [7, 11) is -3.31. The zero-order chi connectivity index (χ0) is 18.5. The first kappa shape index (κ1) is 20.9. The molecule has 0 heterocycles. The summed E-state index contributed by atoms with van der Waals surface area (Å²) in [5.41, 5.74) is 1.21. The lowest BCUT2D eigenvalue weighted by atomic mass is 9.59. The molecule has 0 radical (unpaired) electrons. The lowest BCUT2D eigenvalue weighted by Gasteiger charge is -2.49. The van der Waals surface area contributed by atoms with E-state index in [0.29, 0.717) is 19.1 Å². The minimum absolute atomic E-state index is 0.0337. The summed E-state index contributed by atoms with van der Waals surface area (Å²) < 4.78 is 24.1. The van der Waals surface area contributed by atoms with Crippen LogP contribution in [-0.4, -0.2) is 19.3 Å². The number of hydrogen-bond donors (Lipinski definition) is 1. The third-order valence-electron chi connectivity index (χ3n) is 4.95. The number of nitrogens with one attached hydrogen (secondary N) is 1. The Morgan fingerprint density at radius 2 is 1.72 bits per heavy atom. The van der Waals surface area contributed by atoms with Gasteiger partial charge >= 0.3 is 7.75 Å². The Morgan fingerprint density at radius 3 is 2.12 bits per heavy atom. The van der Waals surface area contributed by atoms with Gasteiger partial charge in [0.2, 0.25) is 0 Å². The number of halogens is 1. The second-order valence-corrected chi connectivity index (χ2v) is 9.37. The molecule has 142 valence electrons. The lowest BCUT2D eigenvalue weighted by Crippen LogP contribution is -2.52. The van der Waals surface area contributed by atoms with Crippen molar-refractivity contribution in [3.05, 3.63) is 34.9 Å². The maximum atomic E-state index is 13.1. The van der Waals surface area contributed by atoms with Gasteiger partial charge in [0.15, 0.2) is 0 Å². The van der Waals surface area contributed by atoms with Crippen molar-refractivity contribution < 1.29 is 13.6 Å². The van der Waals surface area contributed by atoms with E-state index in [0.717, 1.165) is 24.3 Å². The van der Waals surface area contributed by atoms with Gasteiger partial charge < -0.3 is 0 Å². The summed E-state index contributed by atoms with van der Waals surface area (Å²) in [6.45, 7) is 8.76. The van der Waals surface area contributed by atoms with Crippen LogP contribution >= 0.6 is 19.3 Å². The van der Waals surface area contributed by atoms with Gasteiger partial charge in [0.1, 0.15) is 0 Å². The molecule has 2 rings (SSSR count). The van der Waals surface area contributed by atoms with Crippen molar-refractivity contribution in [1.29, 1.82) is 0 Å². The van der Waals surface area contributed by atoms with Crippen molar-refractivity contribution in [2.45, 2.75) is 64.8 Å². The van der Waals surface area contributed by atoms with Crippen LogP contribution in [0, 0.1) is 5.92 Å². The SMILES string of the molecule is CCOP(=O)(NC(CC(C)C)C1(c2ccc(Cl)cc2)CCC1)OCC. The molecule has 0 aliphatic heterocycles. The quantitative estimate of drug-likeness (QED) is 0.504. The lowest BCUT2D eigenvalue weighted by molar-refractivity contribution is 0.144. The molecule has 1 aromatic carbocycles. The van der Waals surface area contributed by atoms with E-state index in [1.54, 1.807) is 0 Å². The summed E-state index contributed by atoms with van der Waals surface area (Å²) in [6.07, 6.45) is 4.22. The Hall–Kier alpha value is -0.380. The minimum atomic E-state index is -3.31. The van der Waals surface area contributed by atoms with Crippen molar-refractivity contribution in [1.82, 2.24) is 5.09 Å². The highest BCUT2D eigenvalue weighted by Gasteiger charge is 2.48. The molecule has 0 bridgehead atoms. The van der Waals surface area contributed by atoms with Crippen molar-refractivity contribution in [3.8, 4) is 0 Å². The Morgan fingerprint density at radius 1 is 1.16 bits per heavy atom. The first-order chi connectivity index (χ1) is 11.8. The molecule has 25 heavy (non-hydrogen) atoms. The van der Waals surface area contributed by atoms with Crippen LogP contribution in [0.25, 0.3) is 0 Å². The maximum absolute atomic E-state index is 13.1. The molecule has 1 N–H and O–H groups in total. The molecule has 0 aromatic heterocycles. The van der Waals surface area contributed by atoms with E-state index < -0.39 is 7.75 Å². The number of hydrogen-bond acceptors (Lipinski definition) is 3. The molecule has 1 saturated carbocycles. The smallest absolute Gasteiger partial charge is 0.297 e. The van der Waals surface area contributed by atoms with Crippen LogP contribution in [0.2, 0.25) is 5.02 Å². The van der Waals surface area contributed by atoms with E-state index in [9.17, 15) is 4.57 Å². The van der Waals surface area contributed by atoms with E-state index in [-0.39, 0.29) is 11.5 Å². The number of rotatable bonds is 10. The molecule has 0 spiro atoms. The fourth-order valence-corrected chi connectivity index (χ4v) is 5.46. The summed E-state index contributed by atoms with van der Waals surface area (Å²) in [5, 5.41) is 4.03. The first-order valence-corrected chi connectivity index (χ1v) is 11.2. The topological polar surface area (TPSA) is 47.6 Å². The summed E-state index contributed by atoms with van der Waals surface area (Å²) >= 11 is 6.08. The van der Waals surface area contributed by atoms with E-state index in [1.807, 2.05) is 26.0 Å². The Labute approximate surface area is 157 Å². The van der Waals surface area contributed by atoms with Crippen molar-refractivity contribution in [2.75, 3.05) is 13.2 Å². The van der Waals surface area contributed by atoms with Crippen LogP contribution in [-0.2, 0) is 19.0 Å². The highest BCUT2D eigenvalue weighted by molar-refractivity contribution is 7.51. The van der Waals surface area contributed by atoms with E-state index in [4.69, 9.17) is 20.6 Å². The average molecular weight is 388 g/mol. The monoisotopic (exact) mass is 387 g/mol. The van der Waals surface area contributed by atoms with Gasteiger partial charge in [0.05, 0.1) is 13.2 Å². The highest BCUT2D eigenvalue weighted by atomic mass is 35.5. The van der Waals surface area contributed by atoms with E-state index in [2.05, 4.69) is 31.1 Å².